The first kappa shape index (κ1) is 17.3. The van der Waals surface area contributed by atoms with Gasteiger partial charge in [0, 0.05) is 0 Å². The summed E-state index contributed by atoms with van der Waals surface area (Å²) in [5, 5.41) is 11.9. The lowest BCUT2D eigenvalue weighted by Gasteiger charge is -2.22. The molecule has 132 valence electrons. The lowest BCUT2D eigenvalue weighted by Crippen LogP contribution is -2.48. The highest BCUT2D eigenvalue weighted by atomic mass is 16.6. The van der Waals surface area contributed by atoms with E-state index in [2.05, 4.69) is 11.4 Å². The van der Waals surface area contributed by atoms with E-state index in [4.69, 9.17) is 9.47 Å². The number of carbonyl (C=O) groups is 2. The number of nitriles is 1. The summed E-state index contributed by atoms with van der Waals surface area (Å²) in [7, 11) is 0. The van der Waals surface area contributed by atoms with E-state index in [1.54, 1.807) is 6.92 Å². The lowest BCUT2D eigenvalue weighted by atomic mass is 9.98. The van der Waals surface area contributed by atoms with Gasteiger partial charge in [0.05, 0.1) is 6.07 Å². The predicted octanol–water partition coefficient (Wildman–Crippen LogP) is 1.91. The molecule has 1 saturated carbocycles. The van der Waals surface area contributed by atoms with Crippen LogP contribution in [-0.2, 0) is 27.2 Å². The first-order valence-electron chi connectivity index (χ1n) is 8.62. The van der Waals surface area contributed by atoms with Crippen molar-refractivity contribution >= 4 is 11.9 Å². The second kappa shape index (κ2) is 7.14. The molecule has 0 unspecified atom stereocenters. The number of carbonyl (C=O) groups excluding carboxylic acids is 2. The summed E-state index contributed by atoms with van der Waals surface area (Å²) in [6.07, 6.45) is 5.14. The third-order valence-electron chi connectivity index (χ3n) is 4.82. The molecule has 0 bridgehead atoms. The summed E-state index contributed by atoms with van der Waals surface area (Å²) in [4.78, 5) is 23.6. The van der Waals surface area contributed by atoms with Crippen LogP contribution in [0.4, 0.5) is 0 Å². The van der Waals surface area contributed by atoms with Crippen LogP contribution in [0.3, 0.4) is 0 Å². The maximum atomic E-state index is 11.9. The van der Waals surface area contributed by atoms with Gasteiger partial charge in [-0.2, -0.15) is 5.26 Å². The minimum Gasteiger partial charge on any atom is -0.482 e. The fourth-order valence-electron chi connectivity index (χ4n) is 3.18. The van der Waals surface area contributed by atoms with E-state index in [1.807, 2.05) is 18.2 Å². The molecule has 1 fully saturated rings. The van der Waals surface area contributed by atoms with Crippen molar-refractivity contribution < 1.29 is 19.1 Å². The molecule has 1 amide bonds. The number of nitrogens with zero attached hydrogens (tertiary/aromatic N) is 1. The topological polar surface area (TPSA) is 88.4 Å². The van der Waals surface area contributed by atoms with E-state index in [0.29, 0.717) is 5.75 Å². The summed E-state index contributed by atoms with van der Waals surface area (Å²) in [6.45, 7) is 1.04. The summed E-state index contributed by atoms with van der Waals surface area (Å²) in [6, 6.07) is 7.95. The van der Waals surface area contributed by atoms with Crippen molar-refractivity contribution in [3.8, 4) is 11.8 Å². The second-order valence-corrected chi connectivity index (χ2v) is 6.87. The van der Waals surface area contributed by atoms with Gasteiger partial charge in [-0.05, 0) is 68.2 Å². The summed E-state index contributed by atoms with van der Waals surface area (Å²) in [5.41, 5.74) is 1.72. The van der Waals surface area contributed by atoms with E-state index in [1.165, 1.54) is 11.1 Å². The standard InChI is InChI=1S/C19H22N2O4/c1-19(12-20,15-6-7-15)21-17(22)10-25-18(23)11-24-16-8-5-13-3-2-4-14(13)9-16/h5,8-9,15H,2-4,6-7,10-11H2,1H3,(H,21,22)/t19-/m1/s1. The fraction of sp³-hybridized carbons (Fsp3) is 0.526. The van der Waals surface area contributed by atoms with Gasteiger partial charge in [-0.1, -0.05) is 6.07 Å². The Morgan fingerprint density at radius 3 is 2.76 bits per heavy atom. The van der Waals surface area contributed by atoms with Crippen LogP contribution < -0.4 is 10.1 Å². The zero-order valence-corrected chi connectivity index (χ0v) is 14.3. The van der Waals surface area contributed by atoms with E-state index >= 15 is 0 Å². The zero-order valence-electron chi connectivity index (χ0n) is 14.3. The van der Waals surface area contributed by atoms with Crippen molar-refractivity contribution in [3.63, 3.8) is 0 Å². The average molecular weight is 342 g/mol. The molecule has 25 heavy (non-hydrogen) atoms. The molecule has 0 spiro atoms. The molecule has 3 rings (SSSR count). The van der Waals surface area contributed by atoms with Gasteiger partial charge in [0.2, 0.25) is 0 Å². The molecule has 0 aromatic heterocycles. The normalized spacial score (nSPS) is 17.8. The van der Waals surface area contributed by atoms with Crippen LogP contribution in [0.15, 0.2) is 18.2 Å². The van der Waals surface area contributed by atoms with Gasteiger partial charge in [-0.15, -0.1) is 0 Å². The number of fused-ring (bicyclic) bond motifs is 1. The smallest absolute Gasteiger partial charge is 0.344 e. The lowest BCUT2D eigenvalue weighted by molar-refractivity contribution is -0.150. The number of esters is 1. The maximum Gasteiger partial charge on any atom is 0.344 e. The molecule has 1 atom stereocenters. The summed E-state index contributed by atoms with van der Waals surface area (Å²) < 4.78 is 10.4. The van der Waals surface area contributed by atoms with E-state index < -0.39 is 24.0 Å². The zero-order chi connectivity index (χ0) is 17.9. The van der Waals surface area contributed by atoms with Gasteiger partial charge < -0.3 is 14.8 Å². The molecule has 6 nitrogen and oxygen atoms in total. The highest BCUT2D eigenvalue weighted by Gasteiger charge is 2.43. The van der Waals surface area contributed by atoms with Gasteiger partial charge in [0.25, 0.3) is 5.91 Å². The largest absolute Gasteiger partial charge is 0.482 e. The van der Waals surface area contributed by atoms with Crippen LogP contribution in [0.1, 0.15) is 37.3 Å². The Hall–Kier alpha value is -2.55. The van der Waals surface area contributed by atoms with E-state index in [9.17, 15) is 14.9 Å². The number of hydrogen-bond acceptors (Lipinski definition) is 5. The third-order valence-corrected chi connectivity index (χ3v) is 4.82. The molecule has 0 radical (unpaired) electrons. The van der Waals surface area contributed by atoms with Crippen LogP contribution in [0.2, 0.25) is 0 Å². The van der Waals surface area contributed by atoms with Crippen LogP contribution in [-0.4, -0.2) is 30.6 Å². The highest BCUT2D eigenvalue weighted by molar-refractivity contribution is 5.81. The summed E-state index contributed by atoms with van der Waals surface area (Å²) >= 11 is 0. The molecule has 6 heteroatoms. The minimum absolute atomic E-state index is 0.181. The SMILES string of the molecule is C[C@](C#N)(NC(=O)COC(=O)COc1ccc2c(c1)CCC2)C1CC1. The van der Waals surface area contributed by atoms with Crippen LogP contribution >= 0.6 is 0 Å². The maximum absolute atomic E-state index is 11.9. The van der Waals surface area contributed by atoms with Gasteiger partial charge in [0.15, 0.2) is 13.2 Å². The van der Waals surface area contributed by atoms with Crippen molar-refractivity contribution in [3.05, 3.63) is 29.3 Å². The molecule has 0 aliphatic heterocycles. The van der Waals surface area contributed by atoms with Gasteiger partial charge in [0.1, 0.15) is 11.3 Å². The molecule has 1 N–H and O–H groups in total. The number of benzene rings is 1. The number of aryl methyl sites for hydroxylation is 2. The molecule has 1 aromatic carbocycles. The van der Waals surface area contributed by atoms with E-state index in [0.717, 1.165) is 32.1 Å². The number of amides is 1. The Labute approximate surface area is 147 Å². The summed E-state index contributed by atoms with van der Waals surface area (Å²) in [5.74, 6) is -0.268. The first-order chi connectivity index (χ1) is 12.0. The Morgan fingerprint density at radius 1 is 1.28 bits per heavy atom. The fourth-order valence-corrected chi connectivity index (χ4v) is 3.18. The third kappa shape index (κ3) is 4.30. The Bertz CT molecular complexity index is 721. The quantitative estimate of drug-likeness (QED) is 0.765. The molecular formula is C19H22N2O4. The van der Waals surface area contributed by atoms with Gasteiger partial charge in [-0.25, -0.2) is 4.79 Å². The second-order valence-electron chi connectivity index (χ2n) is 6.87. The molecule has 2 aliphatic carbocycles. The predicted molar refractivity (Wildman–Crippen MR) is 89.8 cm³/mol. The highest BCUT2D eigenvalue weighted by Crippen LogP contribution is 2.39. The van der Waals surface area contributed by atoms with Crippen LogP contribution in [0.5, 0.6) is 5.75 Å². The van der Waals surface area contributed by atoms with E-state index in [-0.39, 0.29) is 12.5 Å². The molecule has 0 heterocycles. The Kier molecular flexibility index (Phi) is 4.93. The Morgan fingerprint density at radius 2 is 2.04 bits per heavy atom. The number of nitrogens with one attached hydrogen (secondary N) is 1. The molecule has 1 aromatic rings. The van der Waals surface area contributed by atoms with Crippen molar-refractivity contribution in [2.75, 3.05) is 13.2 Å². The Balaban J connectivity index is 1.41. The van der Waals surface area contributed by atoms with Crippen molar-refractivity contribution in [2.24, 2.45) is 5.92 Å². The average Bonchev–Trinajstić information content (AvgIpc) is 3.37. The number of hydrogen-bond donors (Lipinski definition) is 1. The number of rotatable bonds is 7. The van der Waals surface area contributed by atoms with Gasteiger partial charge >= 0.3 is 5.97 Å². The van der Waals surface area contributed by atoms with Crippen LogP contribution in [0.25, 0.3) is 0 Å². The van der Waals surface area contributed by atoms with Crippen molar-refractivity contribution in [2.45, 2.75) is 44.6 Å². The number of ether oxygens (including phenoxy) is 2. The molecule has 2 aliphatic rings. The first-order valence-corrected chi connectivity index (χ1v) is 8.62. The molecule has 0 saturated heterocycles. The minimum atomic E-state index is -0.885. The van der Waals surface area contributed by atoms with Crippen LogP contribution in [0, 0.1) is 17.2 Å². The monoisotopic (exact) mass is 342 g/mol. The molecular weight excluding hydrogens is 320 g/mol. The van der Waals surface area contributed by atoms with Gasteiger partial charge in [-0.3, -0.25) is 4.79 Å². The van der Waals surface area contributed by atoms with Crippen molar-refractivity contribution in [1.82, 2.24) is 5.32 Å². The van der Waals surface area contributed by atoms with Crippen molar-refractivity contribution in [1.29, 1.82) is 5.26 Å².